The number of sulfonamides is 1. The average molecular weight is 403 g/mol. The Labute approximate surface area is 156 Å². The predicted octanol–water partition coefficient (Wildman–Crippen LogP) is 3.77. The van der Waals surface area contributed by atoms with Gasteiger partial charge in [-0.05, 0) is 24.3 Å². The number of ether oxygens (including phenoxy) is 1. The summed E-state index contributed by atoms with van der Waals surface area (Å²) in [5.74, 6) is 0.184. The fourth-order valence-electron chi connectivity index (χ4n) is 1.92. The van der Waals surface area contributed by atoms with Crippen LogP contribution < -0.4 is 14.8 Å². The summed E-state index contributed by atoms with van der Waals surface area (Å²) in [6.07, 6.45) is 1.12. The molecule has 0 radical (unpaired) electrons. The minimum Gasteiger partial charge on any atom is -0.493 e. The molecule has 0 aliphatic carbocycles. The maximum absolute atomic E-state index is 12.0. The fourth-order valence-corrected chi connectivity index (χ4v) is 2.79. The second-order valence-corrected chi connectivity index (χ2v) is 7.71. The Kier molecular flexibility index (Phi) is 6.52. The number of anilines is 2. The highest BCUT2D eigenvalue weighted by Gasteiger charge is 2.10. The van der Waals surface area contributed by atoms with Crippen molar-refractivity contribution in [2.24, 2.45) is 0 Å². The van der Waals surface area contributed by atoms with E-state index in [0.29, 0.717) is 27.2 Å². The highest BCUT2D eigenvalue weighted by molar-refractivity contribution is 7.92. The fraction of sp³-hybridized carbons (Fsp3) is 0.188. The minimum atomic E-state index is -3.45. The largest absolute Gasteiger partial charge is 0.493 e. The van der Waals surface area contributed by atoms with Gasteiger partial charge in [0, 0.05) is 6.07 Å². The van der Waals surface area contributed by atoms with Gasteiger partial charge in [0.25, 0.3) is 0 Å². The zero-order chi connectivity index (χ0) is 18.4. The lowest BCUT2D eigenvalue weighted by molar-refractivity contribution is -0.116. The first-order valence-electron chi connectivity index (χ1n) is 7.19. The van der Waals surface area contributed by atoms with Crippen molar-refractivity contribution >= 4 is 50.5 Å². The molecule has 25 heavy (non-hydrogen) atoms. The van der Waals surface area contributed by atoms with Gasteiger partial charge in [-0.15, -0.1) is 0 Å². The number of para-hydroxylation sites is 2. The van der Waals surface area contributed by atoms with Crippen molar-refractivity contribution in [2.45, 2.75) is 6.42 Å². The normalized spacial score (nSPS) is 11.0. The van der Waals surface area contributed by atoms with Gasteiger partial charge in [0.05, 0.1) is 40.7 Å². The van der Waals surface area contributed by atoms with Gasteiger partial charge in [-0.2, -0.15) is 0 Å². The molecule has 134 valence electrons. The Morgan fingerprint density at radius 1 is 1.08 bits per heavy atom. The lowest BCUT2D eigenvalue weighted by atomic mass is 10.2. The van der Waals surface area contributed by atoms with Crippen LogP contribution in [0.15, 0.2) is 42.5 Å². The first-order chi connectivity index (χ1) is 11.7. The molecule has 2 aromatic carbocycles. The highest BCUT2D eigenvalue weighted by atomic mass is 35.5. The molecule has 1 amide bonds. The number of halogens is 2. The molecular formula is C16H16Cl2N2O4S. The summed E-state index contributed by atoms with van der Waals surface area (Å²) >= 11 is 11.7. The Morgan fingerprint density at radius 3 is 2.40 bits per heavy atom. The number of amides is 1. The third-order valence-corrected chi connectivity index (χ3v) is 4.32. The Bertz CT molecular complexity index is 872. The van der Waals surface area contributed by atoms with E-state index in [2.05, 4.69) is 10.0 Å². The third-order valence-electron chi connectivity index (χ3n) is 2.99. The summed E-state index contributed by atoms with van der Waals surface area (Å²) in [6.45, 7) is 0.130. The molecule has 0 bridgehead atoms. The van der Waals surface area contributed by atoms with E-state index in [9.17, 15) is 13.2 Å². The molecule has 0 aliphatic rings. The van der Waals surface area contributed by atoms with Crippen LogP contribution in [-0.2, 0) is 14.8 Å². The van der Waals surface area contributed by atoms with E-state index in [-0.39, 0.29) is 18.9 Å². The van der Waals surface area contributed by atoms with Crippen LogP contribution in [0, 0.1) is 0 Å². The van der Waals surface area contributed by atoms with E-state index in [1.807, 2.05) is 0 Å². The maximum Gasteiger partial charge on any atom is 0.229 e. The average Bonchev–Trinajstić information content (AvgIpc) is 2.51. The van der Waals surface area contributed by atoms with Gasteiger partial charge in [-0.3, -0.25) is 9.52 Å². The van der Waals surface area contributed by atoms with Crippen molar-refractivity contribution in [2.75, 3.05) is 22.9 Å². The molecule has 9 heteroatoms. The predicted molar refractivity (Wildman–Crippen MR) is 100 cm³/mol. The summed E-state index contributed by atoms with van der Waals surface area (Å²) in [4.78, 5) is 12.0. The topological polar surface area (TPSA) is 84.5 Å². The van der Waals surface area contributed by atoms with Gasteiger partial charge >= 0.3 is 0 Å². The van der Waals surface area contributed by atoms with Crippen LogP contribution in [-0.4, -0.2) is 27.2 Å². The van der Waals surface area contributed by atoms with Gasteiger partial charge in [-0.1, -0.05) is 35.3 Å². The molecule has 0 saturated heterocycles. The summed E-state index contributed by atoms with van der Waals surface area (Å²) in [6, 6.07) is 11.3. The Hall–Kier alpha value is -1.96. The molecule has 0 heterocycles. The molecule has 6 nitrogen and oxygen atoms in total. The van der Waals surface area contributed by atoms with Crippen LogP contribution in [0.4, 0.5) is 11.4 Å². The summed E-state index contributed by atoms with van der Waals surface area (Å²) in [7, 11) is -3.45. The molecule has 0 fully saturated rings. The molecule has 0 spiro atoms. The number of nitrogens with one attached hydrogen (secondary N) is 2. The summed E-state index contributed by atoms with van der Waals surface area (Å²) < 4.78 is 30.5. The van der Waals surface area contributed by atoms with Crippen LogP contribution in [0.5, 0.6) is 5.75 Å². The second-order valence-electron chi connectivity index (χ2n) is 5.14. The molecule has 0 saturated carbocycles. The van der Waals surface area contributed by atoms with Crippen molar-refractivity contribution in [3.05, 3.63) is 52.5 Å². The molecule has 0 aromatic heterocycles. The van der Waals surface area contributed by atoms with Crippen molar-refractivity contribution in [1.29, 1.82) is 0 Å². The highest BCUT2D eigenvalue weighted by Crippen LogP contribution is 2.26. The lowest BCUT2D eigenvalue weighted by Crippen LogP contribution is -2.17. The van der Waals surface area contributed by atoms with Crippen molar-refractivity contribution in [3.63, 3.8) is 0 Å². The van der Waals surface area contributed by atoms with Gasteiger partial charge in [0.2, 0.25) is 15.9 Å². The van der Waals surface area contributed by atoms with Gasteiger partial charge in [0.15, 0.2) is 0 Å². The Morgan fingerprint density at radius 2 is 1.76 bits per heavy atom. The summed E-state index contributed by atoms with van der Waals surface area (Å²) in [5, 5.41) is 3.43. The number of hydrogen-bond donors (Lipinski definition) is 2. The van der Waals surface area contributed by atoms with Crippen LogP contribution in [0.1, 0.15) is 6.42 Å². The second kappa shape index (κ2) is 8.42. The lowest BCUT2D eigenvalue weighted by Gasteiger charge is -2.12. The van der Waals surface area contributed by atoms with Crippen LogP contribution in [0.25, 0.3) is 0 Å². The van der Waals surface area contributed by atoms with Gasteiger partial charge in [-0.25, -0.2) is 8.42 Å². The van der Waals surface area contributed by atoms with Crippen LogP contribution in [0.2, 0.25) is 10.0 Å². The zero-order valence-electron chi connectivity index (χ0n) is 13.3. The maximum atomic E-state index is 12.0. The van der Waals surface area contributed by atoms with Gasteiger partial charge in [0.1, 0.15) is 5.75 Å². The molecule has 2 N–H and O–H groups in total. The van der Waals surface area contributed by atoms with Crippen LogP contribution >= 0.6 is 23.2 Å². The number of carbonyl (C=O) groups excluding carboxylic acids is 1. The molecule has 0 unspecified atom stereocenters. The molecule has 0 aliphatic heterocycles. The van der Waals surface area contributed by atoms with Gasteiger partial charge < -0.3 is 10.1 Å². The number of hydrogen-bond acceptors (Lipinski definition) is 4. The van der Waals surface area contributed by atoms with E-state index in [4.69, 9.17) is 27.9 Å². The first-order valence-corrected chi connectivity index (χ1v) is 9.84. The minimum absolute atomic E-state index is 0.0768. The zero-order valence-corrected chi connectivity index (χ0v) is 15.6. The first kappa shape index (κ1) is 19.4. The SMILES string of the molecule is CS(=O)(=O)Nc1ccccc1NC(=O)CCOc1ccc(Cl)c(Cl)c1. The quantitative estimate of drug-likeness (QED) is 0.737. The van der Waals surface area contributed by atoms with E-state index in [1.54, 1.807) is 42.5 Å². The summed E-state index contributed by atoms with van der Waals surface area (Å²) in [5.41, 5.74) is 0.663. The Balaban J connectivity index is 1.91. The van der Waals surface area contributed by atoms with E-state index in [0.717, 1.165) is 6.26 Å². The van der Waals surface area contributed by atoms with Crippen LogP contribution in [0.3, 0.4) is 0 Å². The van der Waals surface area contributed by atoms with E-state index < -0.39 is 10.0 Å². The number of benzene rings is 2. The third kappa shape index (κ3) is 6.45. The standard InChI is InChI=1S/C16H16Cl2N2O4S/c1-25(22,23)20-15-5-3-2-4-14(15)19-16(21)8-9-24-11-6-7-12(17)13(18)10-11/h2-7,10,20H,8-9H2,1H3,(H,19,21). The smallest absolute Gasteiger partial charge is 0.229 e. The van der Waals surface area contributed by atoms with E-state index >= 15 is 0 Å². The monoisotopic (exact) mass is 402 g/mol. The molecule has 2 rings (SSSR count). The van der Waals surface area contributed by atoms with Crippen molar-refractivity contribution in [1.82, 2.24) is 0 Å². The number of rotatable bonds is 7. The molecule has 0 atom stereocenters. The molecule has 2 aromatic rings. The van der Waals surface area contributed by atoms with Crippen molar-refractivity contribution < 1.29 is 17.9 Å². The van der Waals surface area contributed by atoms with E-state index in [1.165, 1.54) is 0 Å². The van der Waals surface area contributed by atoms with Crippen molar-refractivity contribution in [3.8, 4) is 5.75 Å². The number of carbonyl (C=O) groups is 1. The molecular weight excluding hydrogens is 387 g/mol.